The summed E-state index contributed by atoms with van der Waals surface area (Å²) in [5.41, 5.74) is 6.26. The number of nitrogens with one attached hydrogen (secondary N) is 3. The van der Waals surface area contributed by atoms with Crippen LogP contribution in [0.2, 0.25) is 0 Å². The number of rotatable bonds is 8. The first-order valence-corrected chi connectivity index (χ1v) is 7.24. The van der Waals surface area contributed by atoms with E-state index < -0.39 is 48.4 Å². The van der Waals surface area contributed by atoms with Crippen molar-refractivity contribution in [2.45, 2.75) is 56.3 Å². The summed E-state index contributed by atoms with van der Waals surface area (Å²) in [5, 5.41) is 37.7. The Bertz CT molecular complexity index is 462. The molecule has 12 nitrogen and oxygen atoms in total. The average molecular weight is 350 g/mol. The van der Waals surface area contributed by atoms with Gasteiger partial charge in [-0.25, -0.2) is 11.3 Å². The van der Waals surface area contributed by atoms with Gasteiger partial charge in [0.25, 0.3) is 5.91 Å². The quantitative estimate of drug-likeness (QED) is 0.0923. The van der Waals surface area contributed by atoms with Gasteiger partial charge in [0.05, 0.1) is 0 Å². The largest absolute Gasteiger partial charge is 0.481 e. The summed E-state index contributed by atoms with van der Waals surface area (Å²) in [6.07, 6.45) is -7.28. The Balaban J connectivity index is 2.46. The van der Waals surface area contributed by atoms with Crippen LogP contribution in [0.15, 0.2) is 0 Å². The van der Waals surface area contributed by atoms with Gasteiger partial charge in [-0.3, -0.25) is 25.2 Å². The summed E-state index contributed by atoms with van der Waals surface area (Å²) in [7, 11) is 0. The van der Waals surface area contributed by atoms with Crippen molar-refractivity contribution >= 4 is 17.8 Å². The number of aliphatic hydroxyl groups is 3. The van der Waals surface area contributed by atoms with Gasteiger partial charge in [-0.05, 0) is 12.8 Å². The molecular weight excluding hydrogens is 328 g/mol. The van der Waals surface area contributed by atoms with Crippen molar-refractivity contribution in [3.8, 4) is 0 Å². The minimum atomic E-state index is -1.70. The van der Waals surface area contributed by atoms with E-state index in [1.54, 1.807) is 5.43 Å². The lowest BCUT2D eigenvalue weighted by atomic mass is 9.98. The Morgan fingerprint density at radius 2 is 1.62 bits per heavy atom. The zero-order valence-electron chi connectivity index (χ0n) is 12.7. The van der Waals surface area contributed by atoms with Crippen LogP contribution in [0.1, 0.15) is 25.7 Å². The van der Waals surface area contributed by atoms with Crippen LogP contribution in [0.3, 0.4) is 0 Å². The third-order valence-electron chi connectivity index (χ3n) is 3.41. The molecule has 1 heterocycles. The third kappa shape index (κ3) is 5.67. The van der Waals surface area contributed by atoms with Gasteiger partial charge in [-0.15, -0.1) is 0 Å². The molecule has 5 unspecified atom stereocenters. The molecule has 9 N–H and O–H groups in total. The predicted molar refractivity (Wildman–Crippen MR) is 76.4 cm³/mol. The van der Waals surface area contributed by atoms with E-state index in [4.69, 9.17) is 15.7 Å². The topological polar surface area (TPSA) is 203 Å². The van der Waals surface area contributed by atoms with Crippen LogP contribution >= 0.6 is 0 Å². The molecule has 2 amide bonds. The van der Waals surface area contributed by atoms with E-state index in [2.05, 4.69) is 10.9 Å². The van der Waals surface area contributed by atoms with Gasteiger partial charge in [0.15, 0.2) is 12.3 Å². The second-order valence-corrected chi connectivity index (χ2v) is 5.25. The molecule has 0 saturated carbocycles. The van der Waals surface area contributed by atoms with Crippen LogP contribution in [-0.4, -0.2) is 68.9 Å². The van der Waals surface area contributed by atoms with Crippen molar-refractivity contribution in [3.05, 3.63) is 0 Å². The zero-order valence-corrected chi connectivity index (χ0v) is 12.7. The number of carbonyl (C=O) groups excluding carboxylic acids is 2. The molecular formula is C12H22N4O8. The summed E-state index contributed by atoms with van der Waals surface area (Å²) in [4.78, 5) is 33.4. The molecule has 1 aliphatic rings. The van der Waals surface area contributed by atoms with Crippen LogP contribution in [0.25, 0.3) is 0 Å². The van der Waals surface area contributed by atoms with Gasteiger partial charge < -0.3 is 25.2 Å². The lowest BCUT2D eigenvalue weighted by Crippen LogP contribution is -2.67. The van der Waals surface area contributed by atoms with Gasteiger partial charge in [-0.1, -0.05) is 0 Å². The Kier molecular flexibility index (Phi) is 7.97. The van der Waals surface area contributed by atoms with Crippen molar-refractivity contribution < 1.29 is 39.5 Å². The van der Waals surface area contributed by atoms with Crippen LogP contribution in [-0.2, 0) is 19.1 Å². The molecule has 1 saturated heterocycles. The van der Waals surface area contributed by atoms with Crippen molar-refractivity contribution in [1.82, 2.24) is 16.3 Å². The lowest BCUT2D eigenvalue weighted by molar-refractivity contribution is -0.229. The highest BCUT2D eigenvalue weighted by atomic mass is 16.6. The fourth-order valence-electron chi connectivity index (χ4n) is 2.07. The third-order valence-corrected chi connectivity index (χ3v) is 3.41. The van der Waals surface area contributed by atoms with Crippen LogP contribution < -0.4 is 22.1 Å². The van der Waals surface area contributed by atoms with Gasteiger partial charge in [0.2, 0.25) is 5.91 Å². The number of carbonyl (C=O) groups is 3. The molecule has 0 spiro atoms. The molecule has 1 fully saturated rings. The minimum Gasteiger partial charge on any atom is -0.481 e. The van der Waals surface area contributed by atoms with Gasteiger partial charge in [0.1, 0.15) is 18.3 Å². The molecule has 0 radical (unpaired) electrons. The number of aliphatic hydroxyl groups excluding tert-OH is 3. The molecule has 0 aliphatic carbocycles. The maximum Gasteiger partial charge on any atom is 0.303 e. The summed E-state index contributed by atoms with van der Waals surface area (Å²) < 4.78 is 5.09. The minimum absolute atomic E-state index is 0.0288. The Hall–Kier alpha value is -1.83. The smallest absolute Gasteiger partial charge is 0.303 e. The highest BCUT2D eigenvalue weighted by Crippen LogP contribution is 2.19. The highest BCUT2D eigenvalue weighted by Gasteiger charge is 2.46. The zero-order chi connectivity index (χ0) is 18.3. The molecule has 138 valence electrons. The number of nitrogens with two attached hydrogens (primary N) is 1. The fraction of sp³-hybridized carbons (Fsp3) is 0.750. The van der Waals surface area contributed by atoms with Crippen LogP contribution in [0, 0.1) is 0 Å². The van der Waals surface area contributed by atoms with E-state index >= 15 is 0 Å². The molecule has 0 aromatic rings. The summed E-state index contributed by atoms with van der Waals surface area (Å²) >= 11 is 0. The number of carboxylic acid groups (broad SMARTS) is 1. The van der Waals surface area contributed by atoms with E-state index in [-0.39, 0.29) is 12.8 Å². The van der Waals surface area contributed by atoms with E-state index in [0.29, 0.717) is 12.8 Å². The SMILES string of the molecule is NNC(=O)C1OC(NNC(=O)CCCCC(=O)O)C(O)C(O)C1O. The number of carboxylic acids is 1. The number of hydrogen-bond acceptors (Lipinski definition) is 9. The second-order valence-electron chi connectivity index (χ2n) is 5.25. The van der Waals surface area contributed by atoms with E-state index in [1.807, 2.05) is 0 Å². The number of hydrazine groups is 2. The molecule has 1 rings (SSSR count). The molecule has 24 heavy (non-hydrogen) atoms. The summed E-state index contributed by atoms with van der Waals surface area (Å²) in [6, 6.07) is 0. The Morgan fingerprint density at radius 1 is 1.00 bits per heavy atom. The van der Waals surface area contributed by atoms with E-state index in [0.717, 1.165) is 0 Å². The second kappa shape index (κ2) is 9.46. The number of unbranched alkanes of at least 4 members (excludes halogenated alkanes) is 1. The molecule has 5 atom stereocenters. The van der Waals surface area contributed by atoms with Crippen molar-refractivity contribution in [2.75, 3.05) is 0 Å². The van der Waals surface area contributed by atoms with Crippen molar-refractivity contribution in [2.24, 2.45) is 5.84 Å². The Morgan fingerprint density at radius 3 is 2.21 bits per heavy atom. The fourth-order valence-corrected chi connectivity index (χ4v) is 2.07. The van der Waals surface area contributed by atoms with Gasteiger partial charge in [-0.2, -0.15) is 0 Å². The predicted octanol–water partition coefficient (Wildman–Crippen LogP) is -3.95. The van der Waals surface area contributed by atoms with Gasteiger partial charge in [0, 0.05) is 12.8 Å². The monoisotopic (exact) mass is 350 g/mol. The number of amides is 2. The molecule has 0 bridgehead atoms. The standard InChI is InChI=1S/C12H22N4O8/c13-14-11(23)10-8(21)7(20)9(22)12(24-10)16-15-5(17)3-1-2-4-6(18)19/h7-10,12,16,20-22H,1-4,13H2,(H,14,23)(H,15,17)(H,18,19). The van der Waals surface area contributed by atoms with E-state index in [1.165, 1.54) is 0 Å². The number of hydrogen-bond donors (Lipinski definition) is 8. The summed E-state index contributed by atoms with van der Waals surface area (Å²) in [5.74, 6) is 2.56. The molecule has 0 aromatic heterocycles. The molecule has 12 heteroatoms. The molecule has 0 aromatic carbocycles. The number of ether oxygens (including phenoxy) is 1. The Labute approximate surface area is 136 Å². The van der Waals surface area contributed by atoms with Gasteiger partial charge >= 0.3 is 5.97 Å². The van der Waals surface area contributed by atoms with Crippen LogP contribution in [0.4, 0.5) is 0 Å². The average Bonchev–Trinajstić information content (AvgIpc) is 2.55. The van der Waals surface area contributed by atoms with Crippen molar-refractivity contribution in [3.63, 3.8) is 0 Å². The van der Waals surface area contributed by atoms with Crippen LogP contribution in [0.5, 0.6) is 0 Å². The molecule has 1 aliphatic heterocycles. The lowest BCUT2D eigenvalue weighted by Gasteiger charge is -2.39. The number of aliphatic carboxylic acids is 1. The highest BCUT2D eigenvalue weighted by molar-refractivity contribution is 5.81. The maximum absolute atomic E-state index is 11.6. The normalized spacial score (nSPS) is 29.8. The maximum atomic E-state index is 11.6. The van der Waals surface area contributed by atoms with Crippen molar-refractivity contribution in [1.29, 1.82) is 0 Å². The first-order valence-electron chi connectivity index (χ1n) is 7.24. The van der Waals surface area contributed by atoms with E-state index in [9.17, 15) is 29.7 Å². The summed E-state index contributed by atoms with van der Waals surface area (Å²) in [6.45, 7) is 0. The first-order chi connectivity index (χ1) is 11.3. The first kappa shape index (κ1) is 20.2.